The van der Waals surface area contributed by atoms with E-state index in [4.69, 9.17) is 9.26 Å². The van der Waals surface area contributed by atoms with Gasteiger partial charge in [-0.15, -0.1) is 0 Å². The third-order valence-corrected chi connectivity index (χ3v) is 4.36. The number of unbranched alkanes of at least 4 members (excludes halogenated alkanes) is 1. The van der Waals surface area contributed by atoms with E-state index in [0.717, 1.165) is 29.4 Å². The molecule has 22 heavy (non-hydrogen) atoms. The van der Waals surface area contributed by atoms with Crippen LogP contribution in [0.25, 0.3) is 6.08 Å². The molecule has 1 atom stereocenters. The Hall–Kier alpha value is -1.09. The van der Waals surface area contributed by atoms with Crippen molar-refractivity contribution in [1.29, 1.82) is 0 Å². The first-order chi connectivity index (χ1) is 10.5. The number of rotatable bonds is 11. The van der Waals surface area contributed by atoms with Crippen LogP contribution < -0.4 is 0 Å². The summed E-state index contributed by atoms with van der Waals surface area (Å²) >= 11 is 0. The van der Waals surface area contributed by atoms with E-state index in [1.165, 1.54) is 0 Å². The van der Waals surface area contributed by atoms with Gasteiger partial charge in [-0.05, 0) is 24.5 Å². The largest absolute Gasteiger partial charge is 0.501 e. The van der Waals surface area contributed by atoms with E-state index in [-0.39, 0.29) is 0 Å². The summed E-state index contributed by atoms with van der Waals surface area (Å²) in [5, 5.41) is 0. The maximum atomic E-state index is 11.7. The Morgan fingerprint density at radius 2 is 1.82 bits per heavy atom. The van der Waals surface area contributed by atoms with Crippen molar-refractivity contribution in [2.75, 3.05) is 47.1 Å². The Labute approximate surface area is 135 Å². The topological polar surface area (TPSA) is 35.5 Å². The molecule has 0 amide bonds. The van der Waals surface area contributed by atoms with Gasteiger partial charge < -0.3 is 13.7 Å². The van der Waals surface area contributed by atoms with Gasteiger partial charge in [0.25, 0.3) is 0 Å². The highest BCUT2D eigenvalue weighted by Gasteiger charge is 2.07. The molecular formula is C17H29NO3P+. The van der Waals surface area contributed by atoms with E-state index in [0.29, 0.717) is 19.4 Å². The molecule has 5 heteroatoms. The fourth-order valence-electron chi connectivity index (χ4n) is 1.72. The smallest absolute Gasteiger partial charge is 0.191 e. The van der Waals surface area contributed by atoms with Crippen LogP contribution >= 0.6 is 8.03 Å². The lowest BCUT2D eigenvalue weighted by molar-refractivity contribution is -0.870. The Morgan fingerprint density at radius 1 is 1.09 bits per heavy atom. The van der Waals surface area contributed by atoms with Gasteiger partial charge in [-0.3, -0.25) is 4.57 Å². The zero-order chi connectivity index (χ0) is 16.3. The molecule has 0 spiro atoms. The molecule has 0 aliphatic carbocycles. The summed E-state index contributed by atoms with van der Waals surface area (Å²) in [6.07, 6.45) is 6.08. The van der Waals surface area contributed by atoms with E-state index in [9.17, 15) is 4.57 Å². The van der Waals surface area contributed by atoms with Crippen molar-refractivity contribution in [3.8, 4) is 0 Å². The monoisotopic (exact) mass is 326 g/mol. The quantitative estimate of drug-likeness (QED) is 0.269. The zero-order valence-electron chi connectivity index (χ0n) is 14.0. The van der Waals surface area contributed by atoms with Crippen LogP contribution in [-0.4, -0.2) is 51.5 Å². The standard InChI is InChI=1S/C17H29NO3P/c1-18(2,3)12-15-21-22(19)16-8-7-13-20-14-11-17-9-5-4-6-10-17/h4-6,9-11,14,22H,7-8,12-13,15-16H2,1-3H3/q+1. The van der Waals surface area contributed by atoms with Gasteiger partial charge in [-0.1, -0.05) is 30.3 Å². The molecule has 4 nitrogen and oxygen atoms in total. The minimum Gasteiger partial charge on any atom is -0.501 e. The molecule has 1 unspecified atom stereocenters. The van der Waals surface area contributed by atoms with E-state index in [1.807, 2.05) is 36.4 Å². The highest BCUT2D eigenvalue weighted by Crippen LogP contribution is 2.23. The van der Waals surface area contributed by atoms with Gasteiger partial charge in [0.2, 0.25) is 0 Å². The van der Waals surface area contributed by atoms with E-state index >= 15 is 0 Å². The molecule has 0 saturated carbocycles. The number of ether oxygens (including phenoxy) is 1. The molecule has 1 rings (SSSR count). The van der Waals surface area contributed by atoms with Gasteiger partial charge >= 0.3 is 0 Å². The number of hydrogen-bond donors (Lipinski definition) is 0. The molecule has 1 aromatic carbocycles. The van der Waals surface area contributed by atoms with Gasteiger partial charge in [0.15, 0.2) is 8.03 Å². The predicted molar refractivity (Wildman–Crippen MR) is 93.4 cm³/mol. The van der Waals surface area contributed by atoms with Gasteiger partial charge in [-0.2, -0.15) is 0 Å². The first-order valence-corrected chi connectivity index (χ1v) is 9.29. The van der Waals surface area contributed by atoms with Crippen molar-refractivity contribution in [2.24, 2.45) is 0 Å². The molecule has 0 bridgehead atoms. The summed E-state index contributed by atoms with van der Waals surface area (Å²) < 4.78 is 23.3. The summed E-state index contributed by atoms with van der Waals surface area (Å²) in [7, 11) is 4.41. The lowest BCUT2D eigenvalue weighted by Crippen LogP contribution is -2.37. The number of quaternary nitrogens is 1. The van der Waals surface area contributed by atoms with Gasteiger partial charge in [0.05, 0.1) is 34.0 Å². The average molecular weight is 326 g/mol. The summed E-state index contributed by atoms with van der Waals surface area (Å²) in [6, 6.07) is 10.0. The van der Waals surface area contributed by atoms with Crippen LogP contribution in [0.5, 0.6) is 0 Å². The molecule has 124 valence electrons. The van der Waals surface area contributed by atoms with Crippen molar-refractivity contribution >= 4 is 14.1 Å². The Balaban J connectivity index is 1.99. The summed E-state index contributed by atoms with van der Waals surface area (Å²) in [5.41, 5.74) is 1.12. The van der Waals surface area contributed by atoms with Crippen molar-refractivity contribution in [3.05, 3.63) is 42.2 Å². The van der Waals surface area contributed by atoms with Crippen molar-refractivity contribution < 1.29 is 18.3 Å². The molecule has 0 aliphatic heterocycles. The maximum absolute atomic E-state index is 11.7. The SMILES string of the molecule is C[N+](C)(C)CCO[PH](=O)CCCCOC=Cc1ccccc1. The predicted octanol–water partition coefficient (Wildman–Crippen LogP) is 3.65. The van der Waals surface area contributed by atoms with Gasteiger partial charge in [-0.25, -0.2) is 0 Å². The van der Waals surface area contributed by atoms with Crippen LogP contribution in [0, 0.1) is 0 Å². The number of likely N-dealkylation sites (N-methyl/N-ethyl adjacent to an activating group) is 1. The first-order valence-electron chi connectivity index (χ1n) is 7.77. The van der Waals surface area contributed by atoms with Gasteiger partial charge in [0, 0.05) is 6.16 Å². The normalized spacial score (nSPS) is 13.4. The highest BCUT2D eigenvalue weighted by molar-refractivity contribution is 7.39. The van der Waals surface area contributed by atoms with Crippen LogP contribution in [0.1, 0.15) is 18.4 Å². The minimum atomic E-state index is -1.88. The van der Waals surface area contributed by atoms with Gasteiger partial charge in [0.1, 0.15) is 13.2 Å². The fraction of sp³-hybridized carbons (Fsp3) is 0.529. The van der Waals surface area contributed by atoms with Crippen molar-refractivity contribution in [1.82, 2.24) is 0 Å². The van der Waals surface area contributed by atoms with Crippen LogP contribution in [0.2, 0.25) is 0 Å². The molecule has 0 saturated heterocycles. The molecule has 1 aromatic rings. The average Bonchev–Trinajstić information content (AvgIpc) is 2.46. The van der Waals surface area contributed by atoms with Crippen molar-refractivity contribution in [3.63, 3.8) is 0 Å². The fourth-order valence-corrected chi connectivity index (χ4v) is 2.72. The number of nitrogens with zero attached hydrogens (tertiary/aromatic N) is 1. The highest BCUT2D eigenvalue weighted by atomic mass is 31.1. The minimum absolute atomic E-state index is 0.567. The molecule has 0 fully saturated rings. The summed E-state index contributed by atoms with van der Waals surface area (Å²) in [5.74, 6) is 0. The molecule has 0 radical (unpaired) electrons. The summed E-state index contributed by atoms with van der Waals surface area (Å²) in [6.45, 7) is 2.10. The maximum Gasteiger partial charge on any atom is 0.191 e. The summed E-state index contributed by atoms with van der Waals surface area (Å²) in [4.78, 5) is 0. The third kappa shape index (κ3) is 10.6. The Bertz CT molecular complexity index is 455. The lowest BCUT2D eigenvalue weighted by Gasteiger charge is -2.23. The number of benzene rings is 1. The Morgan fingerprint density at radius 3 is 2.50 bits per heavy atom. The van der Waals surface area contributed by atoms with Crippen molar-refractivity contribution in [2.45, 2.75) is 12.8 Å². The second kappa shape index (κ2) is 10.6. The zero-order valence-corrected chi connectivity index (χ0v) is 15.0. The van der Waals surface area contributed by atoms with E-state index in [1.54, 1.807) is 6.26 Å². The van der Waals surface area contributed by atoms with E-state index in [2.05, 4.69) is 21.1 Å². The Kier molecular flexibility index (Phi) is 9.14. The lowest BCUT2D eigenvalue weighted by atomic mass is 10.2. The molecule has 0 aliphatic rings. The second-order valence-corrected chi connectivity index (χ2v) is 7.81. The number of hydrogen-bond acceptors (Lipinski definition) is 3. The van der Waals surface area contributed by atoms with Crippen LogP contribution in [0.15, 0.2) is 36.6 Å². The second-order valence-electron chi connectivity index (χ2n) is 6.28. The molecule has 0 N–H and O–H groups in total. The first kappa shape index (κ1) is 19.0. The van der Waals surface area contributed by atoms with Crippen LogP contribution in [0.3, 0.4) is 0 Å². The molecule has 0 heterocycles. The third-order valence-electron chi connectivity index (χ3n) is 3.07. The molecular weight excluding hydrogens is 297 g/mol. The van der Waals surface area contributed by atoms with E-state index < -0.39 is 8.03 Å². The van der Waals surface area contributed by atoms with Crippen LogP contribution in [-0.2, 0) is 13.8 Å². The van der Waals surface area contributed by atoms with Crippen LogP contribution in [0.4, 0.5) is 0 Å². The molecule has 0 aromatic heterocycles.